The number of hydrogen-bond donors (Lipinski definition) is 2. The molecule has 0 aliphatic carbocycles. The number of aliphatic hydroxyl groups excluding tert-OH is 1. The maximum absolute atomic E-state index is 9.27. The van der Waals surface area contributed by atoms with Gasteiger partial charge in [-0.2, -0.15) is 0 Å². The molecule has 0 aliphatic rings. The molecule has 3 heteroatoms. The van der Waals surface area contributed by atoms with Gasteiger partial charge >= 0.3 is 0 Å². The number of thioether (sulfide) groups is 1. The molecule has 0 radical (unpaired) electrons. The quantitative estimate of drug-likeness (QED) is 0.733. The van der Waals surface area contributed by atoms with E-state index in [-0.39, 0.29) is 6.10 Å². The number of hydrogen-bond acceptors (Lipinski definition) is 3. The van der Waals surface area contributed by atoms with Gasteiger partial charge in [0.15, 0.2) is 0 Å². The van der Waals surface area contributed by atoms with Crippen LogP contribution in [0.4, 0.5) is 0 Å². The van der Waals surface area contributed by atoms with Gasteiger partial charge in [0.25, 0.3) is 0 Å². The molecule has 0 aliphatic heterocycles. The van der Waals surface area contributed by atoms with E-state index in [1.165, 1.54) is 10.5 Å². The zero-order chi connectivity index (χ0) is 12.7. The summed E-state index contributed by atoms with van der Waals surface area (Å²) < 4.78 is 0. The molecule has 17 heavy (non-hydrogen) atoms. The Morgan fingerprint density at radius 1 is 1.24 bits per heavy atom. The number of aliphatic hydroxyl groups is 1. The van der Waals surface area contributed by atoms with E-state index in [4.69, 9.17) is 0 Å². The summed E-state index contributed by atoms with van der Waals surface area (Å²) in [6, 6.07) is 8.64. The average molecular weight is 253 g/mol. The molecule has 0 spiro atoms. The maximum atomic E-state index is 9.27. The lowest BCUT2D eigenvalue weighted by molar-refractivity contribution is 0.163. The lowest BCUT2D eigenvalue weighted by Crippen LogP contribution is -2.23. The highest BCUT2D eigenvalue weighted by molar-refractivity contribution is 7.98. The van der Waals surface area contributed by atoms with Crippen LogP contribution < -0.4 is 5.32 Å². The third-order valence-corrected chi connectivity index (χ3v) is 3.47. The smallest absolute Gasteiger partial charge is 0.0515 e. The molecule has 0 amide bonds. The van der Waals surface area contributed by atoms with Crippen LogP contribution >= 0.6 is 11.8 Å². The van der Waals surface area contributed by atoms with Gasteiger partial charge in [-0.25, -0.2) is 0 Å². The number of rotatable bonds is 7. The Morgan fingerprint density at radius 2 is 1.88 bits per heavy atom. The molecule has 1 aromatic carbocycles. The van der Waals surface area contributed by atoms with Crippen molar-refractivity contribution in [3.8, 4) is 0 Å². The predicted octanol–water partition coefficient (Wildman–Crippen LogP) is 2.91. The summed E-state index contributed by atoms with van der Waals surface area (Å²) in [6.07, 6.45) is 2.75. The molecule has 0 bridgehead atoms. The van der Waals surface area contributed by atoms with Gasteiger partial charge in [-0.15, -0.1) is 11.8 Å². The largest absolute Gasteiger partial charge is 0.393 e. The van der Waals surface area contributed by atoms with E-state index in [1.54, 1.807) is 11.8 Å². The van der Waals surface area contributed by atoms with E-state index in [0.717, 1.165) is 19.5 Å². The van der Waals surface area contributed by atoms with Crippen LogP contribution in [0.3, 0.4) is 0 Å². The second-order valence-corrected chi connectivity index (χ2v) is 5.55. The van der Waals surface area contributed by atoms with E-state index < -0.39 is 0 Å². The van der Waals surface area contributed by atoms with Crippen LogP contribution in [-0.4, -0.2) is 24.0 Å². The fourth-order valence-electron chi connectivity index (χ4n) is 1.87. The zero-order valence-electron chi connectivity index (χ0n) is 10.9. The van der Waals surface area contributed by atoms with Crippen LogP contribution in [0.25, 0.3) is 0 Å². The SMILES string of the molecule is CSc1ccc(CNCC(C)CC(C)O)cc1. The zero-order valence-corrected chi connectivity index (χ0v) is 11.8. The fourth-order valence-corrected chi connectivity index (χ4v) is 2.28. The van der Waals surface area contributed by atoms with Gasteiger partial charge in [0.05, 0.1) is 6.10 Å². The summed E-state index contributed by atoms with van der Waals surface area (Å²) in [5.41, 5.74) is 1.31. The highest BCUT2D eigenvalue weighted by atomic mass is 32.2. The summed E-state index contributed by atoms with van der Waals surface area (Å²) in [6.45, 7) is 5.86. The van der Waals surface area contributed by atoms with Crippen LogP contribution in [0.15, 0.2) is 29.2 Å². The molecule has 0 saturated heterocycles. The molecule has 2 N–H and O–H groups in total. The van der Waals surface area contributed by atoms with Gasteiger partial charge in [0.1, 0.15) is 0 Å². The van der Waals surface area contributed by atoms with E-state index in [9.17, 15) is 5.11 Å². The predicted molar refractivity (Wildman–Crippen MR) is 75.4 cm³/mol. The molecule has 0 aromatic heterocycles. The second kappa shape index (κ2) is 7.75. The van der Waals surface area contributed by atoms with Crippen molar-refractivity contribution in [2.75, 3.05) is 12.8 Å². The maximum Gasteiger partial charge on any atom is 0.0515 e. The van der Waals surface area contributed by atoms with Crippen LogP contribution in [0, 0.1) is 5.92 Å². The van der Waals surface area contributed by atoms with Gasteiger partial charge in [-0.3, -0.25) is 0 Å². The van der Waals surface area contributed by atoms with Gasteiger partial charge in [-0.05, 0) is 49.8 Å². The first-order valence-corrected chi connectivity index (χ1v) is 7.36. The standard InChI is InChI=1S/C14H23NOS/c1-11(8-12(2)16)9-15-10-13-4-6-14(17-3)7-5-13/h4-7,11-12,15-16H,8-10H2,1-3H3. The van der Waals surface area contributed by atoms with Crippen LogP contribution in [-0.2, 0) is 6.54 Å². The van der Waals surface area contributed by atoms with Crippen molar-refractivity contribution in [2.24, 2.45) is 5.92 Å². The molecule has 0 heterocycles. The molecule has 2 nitrogen and oxygen atoms in total. The highest BCUT2D eigenvalue weighted by Gasteiger charge is 2.05. The van der Waals surface area contributed by atoms with Gasteiger partial charge in [0, 0.05) is 11.4 Å². The Bertz CT molecular complexity index is 311. The first-order valence-electron chi connectivity index (χ1n) is 6.13. The van der Waals surface area contributed by atoms with Crippen molar-refractivity contribution >= 4 is 11.8 Å². The average Bonchev–Trinajstić information content (AvgIpc) is 2.29. The van der Waals surface area contributed by atoms with Crippen LogP contribution in [0.2, 0.25) is 0 Å². The number of benzene rings is 1. The minimum absolute atomic E-state index is 0.201. The Balaban J connectivity index is 2.25. The van der Waals surface area contributed by atoms with Gasteiger partial charge < -0.3 is 10.4 Å². The Morgan fingerprint density at radius 3 is 2.41 bits per heavy atom. The number of nitrogens with one attached hydrogen (secondary N) is 1. The Labute approximate surface area is 109 Å². The minimum Gasteiger partial charge on any atom is -0.393 e. The van der Waals surface area contributed by atoms with Crippen LogP contribution in [0.5, 0.6) is 0 Å². The summed E-state index contributed by atoms with van der Waals surface area (Å²) >= 11 is 1.76. The van der Waals surface area contributed by atoms with Crippen molar-refractivity contribution in [3.05, 3.63) is 29.8 Å². The Hall–Kier alpha value is -0.510. The van der Waals surface area contributed by atoms with Gasteiger partial charge in [-0.1, -0.05) is 19.1 Å². The lowest BCUT2D eigenvalue weighted by atomic mass is 10.0. The van der Waals surface area contributed by atoms with Crippen molar-refractivity contribution in [2.45, 2.75) is 37.8 Å². The summed E-state index contributed by atoms with van der Waals surface area (Å²) in [4.78, 5) is 1.30. The normalized spacial score (nSPS) is 14.6. The summed E-state index contributed by atoms with van der Waals surface area (Å²) in [5.74, 6) is 0.514. The first-order chi connectivity index (χ1) is 8.11. The molecular formula is C14H23NOS. The summed E-state index contributed by atoms with van der Waals surface area (Å²) in [7, 11) is 0. The molecule has 1 rings (SSSR count). The fraction of sp³-hybridized carbons (Fsp3) is 0.571. The van der Waals surface area contributed by atoms with Crippen molar-refractivity contribution < 1.29 is 5.11 Å². The second-order valence-electron chi connectivity index (χ2n) is 4.67. The first kappa shape index (κ1) is 14.6. The topological polar surface area (TPSA) is 32.3 Å². The van der Waals surface area contributed by atoms with Crippen molar-refractivity contribution in [3.63, 3.8) is 0 Å². The molecule has 0 saturated carbocycles. The third-order valence-electron chi connectivity index (χ3n) is 2.72. The molecule has 0 fully saturated rings. The van der Waals surface area contributed by atoms with Crippen LogP contribution in [0.1, 0.15) is 25.8 Å². The van der Waals surface area contributed by atoms with E-state index in [0.29, 0.717) is 5.92 Å². The van der Waals surface area contributed by atoms with Crippen molar-refractivity contribution in [1.82, 2.24) is 5.32 Å². The lowest BCUT2D eigenvalue weighted by Gasteiger charge is -2.14. The highest BCUT2D eigenvalue weighted by Crippen LogP contribution is 2.14. The minimum atomic E-state index is -0.201. The third kappa shape index (κ3) is 6.10. The Kier molecular flexibility index (Phi) is 6.63. The molecule has 2 unspecified atom stereocenters. The molecule has 1 aromatic rings. The molecule has 2 atom stereocenters. The van der Waals surface area contributed by atoms with Crippen molar-refractivity contribution in [1.29, 1.82) is 0 Å². The molecule has 96 valence electrons. The summed E-state index contributed by atoms with van der Waals surface area (Å²) in [5, 5.41) is 12.7. The monoisotopic (exact) mass is 253 g/mol. The van der Waals surface area contributed by atoms with E-state index in [1.807, 2.05) is 6.92 Å². The molecular weight excluding hydrogens is 230 g/mol. The van der Waals surface area contributed by atoms with E-state index >= 15 is 0 Å². The van der Waals surface area contributed by atoms with E-state index in [2.05, 4.69) is 42.8 Å². The van der Waals surface area contributed by atoms with Gasteiger partial charge in [0.2, 0.25) is 0 Å².